The normalized spacial score (nSPS) is 21.0. The molecular weight excluding hydrogens is 263 g/mol. The minimum Gasteiger partial charge on any atom is -0.313 e. The Morgan fingerprint density at radius 1 is 1.29 bits per heavy atom. The van der Waals surface area contributed by atoms with Gasteiger partial charge in [-0.25, -0.2) is 4.39 Å². The van der Waals surface area contributed by atoms with Gasteiger partial charge in [0.2, 0.25) is 0 Å². The van der Waals surface area contributed by atoms with Crippen molar-refractivity contribution in [1.29, 1.82) is 0 Å². The Balaban J connectivity index is 1.96. The number of nitrogens with one attached hydrogen (secondary N) is 1. The summed E-state index contributed by atoms with van der Waals surface area (Å²) in [6, 6.07) is 8.55. The van der Waals surface area contributed by atoms with E-state index in [9.17, 15) is 4.39 Å². The van der Waals surface area contributed by atoms with Crippen molar-refractivity contribution in [2.24, 2.45) is 0 Å². The van der Waals surface area contributed by atoms with Gasteiger partial charge in [-0.2, -0.15) is 0 Å². The fraction of sp³-hybridized carbons (Fsp3) is 0.667. The monoisotopic (exact) mass is 292 g/mol. The zero-order valence-corrected chi connectivity index (χ0v) is 13.6. The number of nitrogens with zero attached hydrogens (tertiary/aromatic N) is 1. The van der Waals surface area contributed by atoms with E-state index in [1.165, 1.54) is 25.3 Å². The molecule has 1 fully saturated rings. The highest BCUT2D eigenvalue weighted by atomic mass is 19.1. The van der Waals surface area contributed by atoms with Crippen molar-refractivity contribution < 1.29 is 4.39 Å². The lowest BCUT2D eigenvalue weighted by Crippen LogP contribution is -2.49. The second kappa shape index (κ2) is 7.90. The molecule has 2 unspecified atom stereocenters. The molecule has 0 saturated carbocycles. The number of piperidine rings is 1. The van der Waals surface area contributed by atoms with E-state index in [1.54, 1.807) is 12.1 Å². The third kappa shape index (κ3) is 5.08. The van der Waals surface area contributed by atoms with Crippen molar-refractivity contribution in [3.63, 3.8) is 0 Å². The Morgan fingerprint density at radius 2 is 2.10 bits per heavy atom. The second-order valence-electron chi connectivity index (χ2n) is 6.62. The van der Waals surface area contributed by atoms with E-state index in [2.05, 4.69) is 31.0 Å². The van der Waals surface area contributed by atoms with Crippen LogP contribution in [-0.2, 0) is 6.42 Å². The van der Waals surface area contributed by atoms with Crippen molar-refractivity contribution in [2.45, 2.75) is 64.6 Å². The predicted octanol–water partition coefficient (Wildman–Crippen LogP) is 3.61. The Kier molecular flexibility index (Phi) is 6.19. The molecule has 0 aromatic heterocycles. The summed E-state index contributed by atoms with van der Waals surface area (Å²) in [5, 5.41) is 3.63. The van der Waals surface area contributed by atoms with E-state index < -0.39 is 0 Å². The smallest absolute Gasteiger partial charge is 0.123 e. The summed E-state index contributed by atoms with van der Waals surface area (Å²) in [6.45, 7) is 9.01. The predicted molar refractivity (Wildman–Crippen MR) is 87.0 cm³/mol. The Hall–Kier alpha value is -0.930. The van der Waals surface area contributed by atoms with Crippen LogP contribution in [0.5, 0.6) is 0 Å². The van der Waals surface area contributed by atoms with Crippen LogP contribution >= 0.6 is 0 Å². The summed E-state index contributed by atoms with van der Waals surface area (Å²) in [7, 11) is 0. The van der Waals surface area contributed by atoms with Crippen LogP contribution in [0.15, 0.2) is 24.3 Å². The van der Waals surface area contributed by atoms with E-state index in [-0.39, 0.29) is 5.82 Å². The van der Waals surface area contributed by atoms with Crippen LogP contribution in [0.2, 0.25) is 0 Å². The molecule has 1 saturated heterocycles. The molecule has 1 heterocycles. The zero-order chi connectivity index (χ0) is 15.2. The number of hydrogen-bond acceptors (Lipinski definition) is 2. The molecule has 1 aromatic rings. The summed E-state index contributed by atoms with van der Waals surface area (Å²) < 4.78 is 13.3. The molecular formula is C18H29FN2. The molecule has 0 bridgehead atoms. The van der Waals surface area contributed by atoms with E-state index in [0.717, 1.165) is 25.1 Å². The van der Waals surface area contributed by atoms with Gasteiger partial charge in [0.15, 0.2) is 0 Å². The molecule has 0 amide bonds. The number of rotatable bonds is 6. The lowest BCUT2D eigenvalue weighted by molar-refractivity contribution is 0.137. The van der Waals surface area contributed by atoms with Gasteiger partial charge < -0.3 is 5.32 Å². The van der Waals surface area contributed by atoms with Crippen LogP contribution in [-0.4, -0.2) is 36.1 Å². The lowest BCUT2D eigenvalue weighted by Gasteiger charge is -2.37. The van der Waals surface area contributed by atoms with Crippen LogP contribution in [0, 0.1) is 5.82 Å². The first kappa shape index (κ1) is 16.4. The summed E-state index contributed by atoms with van der Waals surface area (Å²) in [5.41, 5.74) is 1.09. The second-order valence-corrected chi connectivity index (χ2v) is 6.62. The van der Waals surface area contributed by atoms with E-state index in [0.29, 0.717) is 18.1 Å². The maximum Gasteiger partial charge on any atom is 0.123 e. The molecule has 1 N–H and O–H groups in total. The first-order chi connectivity index (χ1) is 10.1. The van der Waals surface area contributed by atoms with E-state index in [4.69, 9.17) is 0 Å². The SMILES string of the molecule is CC(C)N(CC1CCCCN1)C(C)Cc1cccc(F)c1. The summed E-state index contributed by atoms with van der Waals surface area (Å²) in [6.07, 6.45) is 4.82. The Morgan fingerprint density at radius 3 is 2.71 bits per heavy atom. The van der Waals surface area contributed by atoms with Gasteiger partial charge in [0, 0.05) is 24.7 Å². The van der Waals surface area contributed by atoms with Crippen molar-refractivity contribution in [3.8, 4) is 0 Å². The molecule has 21 heavy (non-hydrogen) atoms. The molecule has 2 rings (SSSR count). The molecule has 0 radical (unpaired) electrons. The Labute approximate surface area is 128 Å². The van der Waals surface area contributed by atoms with Gasteiger partial charge in [-0.1, -0.05) is 18.6 Å². The van der Waals surface area contributed by atoms with Crippen LogP contribution in [0.25, 0.3) is 0 Å². The van der Waals surface area contributed by atoms with Crippen molar-refractivity contribution in [3.05, 3.63) is 35.6 Å². The highest BCUT2D eigenvalue weighted by molar-refractivity contribution is 5.17. The van der Waals surface area contributed by atoms with Gasteiger partial charge in [-0.05, 0) is 64.3 Å². The van der Waals surface area contributed by atoms with Crippen LogP contribution in [0.3, 0.4) is 0 Å². The van der Waals surface area contributed by atoms with E-state index >= 15 is 0 Å². The molecule has 1 aromatic carbocycles. The quantitative estimate of drug-likeness (QED) is 0.861. The molecule has 2 atom stereocenters. The third-order valence-corrected chi connectivity index (χ3v) is 4.49. The molecule has 0 spiro atoms. The average molecular weight is 292 g/mol. The molecule has 0 aliphatic carbocycles. The summed E-state index contributed by atoms with van der Waals surface area (Å²) >= 11 is 0. The molecule has 1 aliphatic rings. The first-order valence-electron chi connectivity index (χ1n) is 8.30. The van der Waals surface area contributed by atoms with Crippen molar-refractivity contribution in [1.82, 2.24) is 10.2 Å². The van der Waals surface area contributed by atoms with Crippen LogP contribution < -0.4 is 5.32 Å². The van der Waals surface area contributed by atoms with Gasteiger partial charge >= 0.3 is 0 Å². The number of halogens is 1. The van der Waals surface area contributed by atoms with Crippen molar-refractivity contribution >= 4 is 0 Å². The minimum atomic E-state index is -0.134. The fourth-order valence-corrected chi connectivity index (χ4v) is 3.36. The van der Waals surface area contributed by atoms with E-state index in [1.807, 2.05) is 6.07 Å². The third-order valence-electron chi connectivity index (χ3n) is 4.49. The minimum absolute atomic E-state index is 0.134. The van der Waals surface area contributed by atoms with Gasteiger partial charge in [-0.3, -0.25) is 4.90 Å². The number of hydrogen-bond donors (Lipinski definition) is 1. The molecule has 118 valence electrons. The van der Waals surface area contributed by atoms with Crippen LogP contribution in [0.1, 0.15) is 45.6 Å². The zero-order valence-electron chi connectivity index (χ0n) is 13.6. The van der Waals surface area contributed by atoms with Gasteiger partial charge in [-0.15, -0.1) is 0 Å². The maximum absolute atomic E-state index is 13.3. The fourth-order valence-electron chi connectivity index (χ4n) is 3.36. The first-order valence-corrected chi connectivity index (χ1v) is 8.30. The summed E-state index contributed by atoms with van der Waals surface area (Å²) in [5.74, 6) is -0.134. The average Bonchev–Trinajstić information content (AvgIpc) is 2.45. The van der Waals surface area contributed by atoms with Gasteiger partial charge in [0.1, 0.15) is 5.82 Å². The Bertz CT molecular complexity index is 427. The topological polar surface area (TPSA) is 15.3 Å². The largest absolute Gasteiger partial charge is 0.313 e. The highest BCUT2D eigenvalue weighted by Crippen LogP contribution is 2.16. The maximum atomic E-state index is 13.3. The standard InChI is InChI=1S/C18H29FN2/c1-14(2)21(13-18-9-4-5-10-20-18)15(3)11-16-7-6-8-17(19)12-16/h6-8,12,14-15,18,20H,4-5,9-11,13H2,1-3H3. The lowest BCUT2D eigenvalue weighted by atomic mass is 10.0. The molecule has 2 nitrogen and oxygen atoms in total. The van der Waals surface area contributed by atoms with Crippen molar-refractivity contribution in [2.75, 3.05) is 13.1 Å². The molecule has 3 heteroatoms. The van der Waals surface area contributed by atoms with Crippen LogP contribution in [0.4, 0.5) is 4.39 Å². The molecule has 1 aliphatic heterocycles. The number of benzene rings is 1. The highest BCUT2D eigenvalue weighted by Gasteiger charge is 2.22. The van der Waals surface area contributed by atoms with Gasteiger partial charge in [0.25, 0.3) is 0 Å². The van der Waals surface area contributed by atoms with Gasteiger partial charge in [0.05, 0.1) is 0 Å². The summed E-state index contributed by atoms with van der Waals surface area (Å²) in [4.78, 5) is 2.55.